The third-order valence-electron chi connectivity index (χ3n) is 3.40. The van der Waals surface area contributed by atoms with Gasteiger partial charge in [0.1, 0.15) is 0 Å². The quantitative estimate of drug-likeness (QED) is 0.752. The first-order valence-corrected chi connectivity index (χ1v) is 6.74. The Morgan fingerprint density at radius 3 is 2.39 bits per heavy atom. The Kier molecular flexibility index (Phi) is 6.12. The van der Waals surface area contributed by atoms with Gasteiger partial charge >= 0.3 is 0 Å². The van der Waals surface area contributed by atoms with Crippen molar-refractivity contribution in [3.05, 3.63) is 0 Å². The number of carbonyl (C=O) groups excluding carboxylic acids is 2. The van der Waals surface area contributed by atoms with E-state index in [2.05, 4.69) is 10.6 Å². The van der Waals surface area contributed by atoms with Gasteiger partial charge in [-0.3, -0.25) is 14.9 Å². The van der Waals surface area contributed by atoms with Crippen LogP contribution in [0.25, 0.3) is 0 Å². The summed E-state index contributed by atoms with van der Waals surface area (Å²) in [4.78, 5) is 24.8. The fourth-order valence-corrected chi connectivity index (χ4v) is 2.06. The molecule has 0 spiro atoms. The Morgan fingerprint density at radius 2 is 1.83 bits per heavy atom. The lowest BCUT2D eigenvalue weighted by molar-refractivity contribution is -0.128. The van der Waals surface area contributed by atoms with Crippen molar-refractivity contribution in [2.24, 2.45) is 0 Å². The second-order valence-corrected chi connectivity index (χ2v) is 5.23. The van der Waals surface area contributed by atoms with Crippen LogP contribution in [0.15, 0.2) is 0 Å². The summed E-state index contributed by atoms with van der Waals surface area (Å²) in [6, 6.07) is -0.00382. The van der Waals surface area contributed by atoms with Gasteiger partial charge in [0.15, 0.2) is 0 Å². The molecule has 1 atom stereocenters. The minimum Gasteiger partial charge on any atom is -0.352 e. The van der Waals surface area contributed by atoms with E-state index in [0.717, 1.165) is 12.8 Å². The molecule has 104 valence electrons. The molecule has 0 radical (unpaired) electrons. The van der Waals surface area contributed by atoms with Crippen LogP contribution in [0.2, 0.25) is 0 Å². The van der Waals surface area contributed by atoms with Gasteiger partial charge in [0, 0.05) is 20.1 Å². The van der Waals surface area contributed by atoms with Crippen LogP contribution in [0.5, 0.6) is 0 Å². The van der Waals surface area contributed by atoms with E-state index in [1.54, 1.807) is 21.0 Å². The Balaban J connectivity index is 2.25. The molecule has 1 aliphatic rings. The second kappa shape index (κ2) is 7.36. The summed E-state index contributed by atoms with van der Waals surface area (Å²) in [5, 5.41) is 6.00. The maximum Gasteiger partial charge on any atom is 0.237 e. The number of nitrogens with zero attached hydrogens (tertiary/aromatic N) is 1. The van der Waals surface area contributed by atoms with E-state index in [1.165, 1.54) is 24.2 Å². The summed E-state index contributed by atoms with van der Waals surface area (Å²) in [5.74, 6) is -0.0271. The molecule has 2 N–H and O–H groups in total. The van der Waals surface area contributed by atoms with Gasteiger partial charge in [0.25, 0.3) is 0 Å². The average molecular weight is 255 g/mol. The predicted molar refractivity (Wildman–Crippen MR) is 71.2 cm³/mol. The van der Waals surface area contributed by atoms with E-state index in [4.69, 9.17) is 0 Å². The van der Waals surface area contributed by atoms with Crippen molar-refractivity contribution in [1.29, 1.82) is 0 Å². The molecule has 5 nitrogen and oxygen atoms in total. The van der Waals surface area contributed by atoms with Gasteiger partial charge in [-0.2, -0.15) is 0 Å². The molecule has 5 heteroatoms. The summed E-state index contributed by atoms with van der Waals surface area (Å²) in [6.07, 6.45) is 5.83. The number of amides is 2. The van der Waals surface area contributed by atoms with Crippen LogP contribution in [0.3, 0.4) is 0 Å². The molecular formula is C13H25N3O2. The number of nitrogens with one attached hydrogen (secondary N) is 2. The van der Waals surface area contributed by atoms with E-state index in [0.29, 0.717) is 6.04 Å². The van der Waals surface area contributed by atoms with Crippen LogP contribution in [-0.4, -0.2) is 49.4 Å². The van der Waals surface area contributed by atoms with Gasteiger partial charge in [-0.1, -0.05) is 19.3 Å². The molecule has 0 aromatic heterocycles. The third kappa shape index (κ3) is 5.04. The summed E-state index contributed by atoms with van der Waals surface area (Å²) < 4.78 is 0. The third-order valence-corrected chi connectivity index (χ3v) is 3.40. The standard InChI is InChI=1S/C13H25N3O2/c1-10(14-9-12(17)16(2)3)13(18)15-11-7-5-4-6-8-11/h10-11,14H,4-9H2,1-3H3,(H,15,18). The van der Waals surface area contributed by atoms with E-state index < -0.39 is 0 Å². The van der Waals surface area contributed by atoms with Crippen molar-refractivity contribution in [3.8, 4) is 0 Å². The highest BCUT2D eigenvalue weighted by molar-refractivity contribution is 5.83. The molecule has 1 aliphatic carbocycles. The minimum absolute atomic E-state index is 0.00606. The lowest BCUT2D eigenvalue weighted by Gasteiger charge is -2.24. The van der Waals surface area contributed by atoms with Crippen molar-refractivity contribution < 1.29 is 9.59 Å². The van der Waals surface area contributed by atoms with Crippen molar-refractivity contribution in [2.75, 3.05) is 20.6 Å². The molecule has 2 amide bonds. The van der Waals surface area contributed by atoms with E-state index >= 15 is 0 Å². The second-order valence-electron chi connectivity index (χ2n) is 5.23. The fraction of sp³-hybridized carbons (Fsp3) is 0.846. The minimum atomic E-state index is -0.323. The van der Waals surface area contributed by atoms with Gasteiger partial charge in [0.2, 0.25) is 11.8 Å². The van der Waals surface area contributed by atoms with Crippen molar-refractivity contribution in [1.82, 2.24) is 15.5 Å². The molecule has 18 heavy (non-hydrogen) atoms. The van der Waals surface area contributed by atoms with E-state index in [-0.39, 0.29) is 24.4 Å². The molecule has 1 saturated carbocycles. The first kappa shape index (κ1) is 15.0. The van der Waals surface area contributed by atoms with Gasteiger partial charge in [0.05, 0.1) is 12.6 Å². The average Bonchev–Trinajstić information content (AvgIpc) is 2.36. The Morgan fingerprint density at radius 1 is 1.22 bits per heavy atom. The molecule has 0 aromatic carbocycles. The molecule has 0 saturated heterocycles. The Labute approximate surface area is 109 Å². The number of likely N-dealkylation sites (N-methyl/N-ethyl adjacent to an activating group) is 1. The molecular weight excluding hydrogens is 230 g/mol. The summed E-state index contributed by atoms with van der Waals surface area (Å²) in [7, 11) is 3.41. The normalized spacial score (nSPS) is 18.2. The molecule has 1 rings (SSSR count). The zero-order chi connectivity index (χ0) is 13.5. The molecule has 0 bridgehead atoms. The smallest absolute Gasteiger partial charge is 0.237 e. The number of rotatable bonds is 5. The van der Waals surface area contributed by atoms with Crippen molar-refractivity contribution in [3.63, 3.8) is 0 Å². The molecule has 1 unspecified atom stereocenters. The number of hydrogen-bond acceptors (Lipinski definition) is 3. The molecule has 0 heterocycles. The summed E-state index contributed by atoms with van der Waals surface area (Å²) in [6.45, 7) is 1.99. The van der Waals surface area contributed by atoms with Crippen LogP contribution >= 0.6 is 0 Å². The van der Waals surface area contributed by atoms with E-state index in [9.17, 15) is 9.59 Å². The zero-order valence-corrected chi connectivity index (χ0v) is 11.7. The highest BCUT2D eigenvalue weighted by Crippen LogP contribution is 2.17. The summed E-state index contributed by atoms with van der Waals surface area (Å²) >= 11 is 0. The van der Waals surface area contributed by atoms with Crippen molar-refractivity contribution >= 4 is 11.8 Å². The molecule has 1 fully saturated rings. The highest BCUT2D eigenvalue weighted by atomic mass is 16.2. The van der Waals surface area contributed by atoms with Gasteiger partial charge in [-0.15, -0.1) is 0 Å². The van der Waals surface area contributed by atoms with Gasteiger partial charge in [-0.25, -0.2) is 0 Å². The first-order valence-electron chi connectivity index (χ1n) is 6.74. The maximum absolute atomic E-state index is 11.9. The largest absolute Gasteiger partial charge is 0.352 e. The number of carbonyl (C=O) groups is 2. The lowest BCUT2D eigenvalue weighted by Crippen LogP contribution is -2.48. The Hall–Kier alpha value is -1.10. The van der Waals surface area contributed by atoms with Gasteiger partial charge < -0.3 is 10.2 Å². The maximum atomic E-state index is 11.9. The van der Waals surface area contributed by atoms with Crippen LogP contribution in [0.1, 0.15) is 39.0 Å². The topological polar surface area (TPSA) is 61.4 Å². The molecule has 0 aliphatic heterocycles. The van der Waals surface area contributed by atoms with E-state index in [1.807, 2.05) is 0 Å². The predicted octanol–water partition coefficient (Wildman–Crippen LogP) is 0.502. The Bertz CT molecular complexity index is 286. The SMILES string of the molecule is CC(NCC(=O)N(C)C)C(=O)NC1CCCCC1. The fourth-order valence-electron chi connectivity index (χ4n) is 2.06. The van der Waals surface area contributed by atoms with Crippen LogP contribution in [0.4, 0.5) is 0 Å². The highest BCUT2D eigenvalue weighted by Gasteiger charge is 2.19. The first-order chi connectivity index (χ1) is 8.50. The molecule has 0 aromatic rings. The number of hydrogen-bond donors (Lipinski definition) is 2. The van der Waals surface area contributed by atoms with Crippen molar-refractivity contribution in [2.45, 2.75) is 51.1 Å². The summed E-state index contributed by atoms with van der Waals surface area (Å²) in [5.41, 5.74) is 0. The monoisotopic (exact) mass is 255 g/mol. The lowest BCUT2D eigenvalue weighted by atomic mass is 9.95. The van der Waals surface area contributed by atoms with Crippen LogP contribution < -0.4 is 10.6 Å². The zero-order valence-electron chi connectivity index (χ0n) is 11.7. The van der Waals surface area contributed by atoms with Crippen LogP contribution in [-0.2, 0) is 9.59 Å². The van der Waals surface area contributed by atoms with Crippen LogP contribution in [0, 0.1) is 0 Å². The van der Waals surface area contributed by atoms with Gasteiger partial charge in [-0.05, 0) is 19.8 Å².